The number of ether oxygens (including phenoxy) is 1. The van der Waals surface area contributed by atoms with Gasteiger partial charge in [-0.2, -0.15) is 0 Å². The van der Waals surface area contributed by atoms with Crippen LogP contribution >= 0.6 is 0 Å². The lowest BCUT2D eigenvalue weighted by molar-refractivity contribution is 0.0410. The van der Waals surface area contributed by atoms with Crippen LogP contribution in [-0.2, 0) is 4.74 Å². The summed E-state index contributed by atoms with van der Waals surface area (Å²) >= 11 is 0. The molecule has 1 aromatic carbocycles. The number of phenolic OH excluding ortho intramolecular Hbond substituents is 1. The number of nitrogen functional groups attached to an aromatic ring is 1. The van der Waals surface area contributed by atoms with E-state index in [-0.39, 0.29) is 17.4 Å². The van der Waals surface area contributed by atoms with Crippen LogP contribution in [0.25, 0.3) is 0 Å². The van der Waals surface area contributed by atoms with Crippen LogP contribution in [0.15, 0.2) is 18.2 Å². The quantitative estimate of drug-likeness (QED) is 0.491. The molecule has 4 heteroatoms. The molecule has 1 aliphatic carbocycles. The molecule has 0 heterocycles. The van der Waals surface area contributed by atoms with Crippen LogP contribution in [0.5, 0.6) is 5.75 Å². The van der Waals surface area contributed by atoms with Crippen molar-refractivity contribution in [2.45, 2.75) is 32.1 Å². The number of nitrogens with two attached hydrogens (primary N) is 1. The molecule has 0 unspecified atom stereocenters. The van der Waals surface area contributed by atoms with Crippen LogP contribution in [0, 0.1) is 5.92 Å². The van der Waals surface area contributed by atoms with Crippen molar-refractivity contribution in [1.82, 2.24) is 0 Å². The summed E-state index contributed by atoms with van der Waals surface area (Å²) in [4.78, 5) is 11.8. The smallest absolute Gasteiger partial charge is 0.338 e. The lowest BCUT2D eigenvalue weighted by Gasteiger charge is -2.21. The number of benzene rings is 1. The zero-order valence-electron chi connectivity index (χ0n) is 10.4. The molecule has 2 rings (SSSR count). The summed E-state index contributed by atoms with van der Waals surface area (Å²) < 4.78 is 5.29. The molecule has 0 radical (unpaired) electrons. The van der Waals surface area contributed by atoms with E-state index in [4.69, 9.17) is 10.5 Å². The van der Waals surface area contributed by atoms with Gasteiger partial charge >= 0.3 is 5.97 Å². The number of hydrogen-bond donors (Lipinski definition) is 2. The molecule has 0 aromatic heterocycles. The molecule has 98 valence electrons. The second kappa shape index (κ2) is 5.76. The van der Waals surface area contributed by atoms with Crippen molar-refractivity contribution in [3.05, 3.63) is 23.8 Å². The Bertz CT molecular complexity index is 425. The maximum absolute atomic E-state index is 11.8. The number of hydrogen-bond acceptors (Lipinski definition) is 4. The van der Waals surface area contributed by atoms with E-state index >= 15 is 0 Å². The van der Waals surface area contributed by atoms with Gasteiger partial charge in [0.25, 0.3) is 0 Å². The van der Waals surface area contributed by atoms with E-state index in [0.29, 0.717) is 18.1 Å². The Kier molecular flexibility index (Phi) is 4.07. The van der Waals surface area contributed by atoms with Crippen LogP contribution in [-0.4, -0.2) is 17.7 Å². The molecular formula is C14H19NO3. The number of aromatic hydroxyl groups is 1. The third kappa shape index (κ3) is 3.15. The van der Waals surface area contributed by atoms with Gasteiger partial charge in [-0.25, -0.2) is 4.79 Å². The van der Waals surface area contributed by atoms with Crippen LogP contribution in [0.4, 0.5) is 5.69 Å². The van der Waals surface area contributed by atoms with E-state index in [1.54, 1.807) is 0 Å². The molecule has 0 saturated heterocycles. The largest absolute Gasteiger partial charge is 0.506 e. The third-order valence-corrected chi connectivity index (χ3v) is 3.44. The first-order valence-corrected chi connectivity index (χ1v) is 6.42. The Morgan fingerprint density at radius 3 is 2.72 bits per heavy atom. The molecule has 0 amide bonds. The second-order valence-corrected chi connectivity index (χ2v) is 4.88. The van der Waals surface area contributed by atoms with Crippen molar-refractivity contribution in [1.29, 1.82) is 0 Å². The average Bonchev–Trinajstić information content (AvgIpc) is 2.40. The van der Waals surface area contributed by atoms with E-state index in [1.807, 2.05) is 0 Å². The van der Waals surface area contributed by atoms with Crippen molar-refractivity contribution in [2.75, 3.05) is 12.3 Å². The molecule has 0 atom stereocenters. The lowest BCUT2D eigenvalue weighted by atomic mass is 9.90. The van der Waals surface area contributed by atoms with Gasteiger partial charge in [0.05, 0.1) is 17.9 Å². The van der Waals surface area contributed by atoms with Gasteiger partial charge in [0.2, 0.25) is 0 Å². The fourth-order valence-corrected chi connectivity index (χ4v) is 2.31. The van der Waals surface area contributed by atoms with E-state index in [0.717, 1.165) is 12.8 Å². The number of anilines is 1. The van der Waals surface area contributed by atoms with E-state index in [1.165, 1.54) is 37.5 Å². The van der Waals surface area contributed by atoms with Gasteiger partial charge in [-0.15, -0.1) is 0 Å². The van der Waals surface area contributed by atoms with Crippen molar-refractivity contribution in [2.24, 2.45) is 5.92 Å². The summed E-state index contributed by atoms with van der Waals surface area (Å²) in [7, 11) is 0. The van der Waals surface area contributed by atoms with Crippen molar-refractivity contribution < 1.29 is 14.6 Å². The molecule has 0 spiro atoms. The molecule has 18 heavy (non-hydrogen) atoms. The Balaban J connectivity index is 1.88. The van der Waals surface area contributed by atoms with Gasteiger partial charge < -0.3 is 15.6 Å². The van der Waals surface area contributed by atoms with Gasteiger partial charge in [0.15, 0.2) is 0 Å². The zero-order chi connectivity index (χ0) is 13.0. The number of rotatable bonds is 3. The maximum atomic E-state index is 11.8. The summed E-state index contributed by atoms with van der Waals surface area (Å²) in [5.74, 6) is 0.114. The minimum absolute atomic E-state index is 0.0150. The highest BCUT2D eigenvalue weighted by Crippen LogP contribution is 2.25. The molecule has 0 bridgehead atoms. The van der Waals surface area contributed by atoms with Gasteiger partial charge in [-0.05, 0) is 37.0 Å². The minimum atomic E-state index is -0.368. The van der Waals surface area contributed by atoms with Gasteiger partial charge in [-0.3, -0.25) is 0 Å². The van der Waals surface area contributed by atoms with E-state index < -0.39 is 0 Å². The van der Waals surface area contributed by atoms with Crippen LogP contribution in [0.1, 0.15) is 42.5 Å². The Labute approximate surface area is 107 Å². The topological polar surface area (TPSA) is 72.6 Å². The molecule has 1 fully saturated rings. The van der Waals surface area contributed by atoms with Crippen molar-refractivity contribution in [3.63, 3.8) is 0 Å². The summed E-state index contributed by atoms with van der Waals surface area (Å²) in [6.07, 6.45) is 6.04. The summed E-state index contributed by atoms with van der Waals surface area (Å²) in [6.45, 7) is 0.486. The normalized spacial score (nSPS) is 16.4. The van der Waals surface area contributed by atoms with Crippen LogP contribution in [0.3, 0.4) is 0 Å². The van der Waals surface area contributed by atoms with Crippen molar-refractivity contribution >= 4 is 11.7 Å². The minimum Gasteiger partial charge on any atom is -0.506 e. The lowest BCUT2D eigenvalue weighted by Crippen LogP contribution is -2.16. The Morgan fingerprint density at radius 2 is 2.06 bits per heavy atom. The molecular weight excluding hydrogens is 230 g/mol. The Hall–Kier alpha value is -1.71. The fraction of sp³-hybridized carbons (Fsp3) is 0.500. The number of esters is 1. The SMILES string of the molecule is Nc1cc(C(=O)OCC2CCCCC2)ccc1O. The molecule has 1 aliphatic rings. The number of carbonyl (C=O) groups excluding carboxylic acids is 1. The van der Waals surface area contributed by atoms with E-state index in [9.17, 15) is 9.90 Å². The first-order valence-electron chi connectivity index (χ1n) is 6.42. The first kappa shape index (κ1) is 12.7. The highest BCUT2D eigenvalue weighted by atomic mass is 16.5. The summed E-state index contributed by atoms with van der Waals surface area (Å²) in [5, 5.41) is 9.28. The summed E-state index contributed by atoms with van der Waals surface area (Å²) in [6, 6.07) is 4.37. The van der Waals surface area contributed by atoms with Gasteiger partial charge in [0.1, 0.15) is 5.75 Å². The highest BCUT2D eigenvalue weighted by molar-refractivity contribution is 5.90. The second-order valence-electron chi connectivity index (χ2n) is 4.88. The van der Waals surface area contributed by atoms with Crippen molar-refractivity contribution in [3.8, 4) is 5.75 Å². The number of carbonyl (C=O) groups is 1. The first-order chi connectivity index (χ1) is 8.66. The molecule has 1 aromatic rings. The standard InChI is InChI=1S/C14H19NO3/c15-12-8-11(6-7-13(12)16)14(17)18-9-10-4-2-1-3-5-10/h6-8,10,16H,1-5,9,15H2. The van der Waals surface area contributed by atoms with Crippen LogP contribution in [0.2, 0.25) is 0 Å². The molecule has 3 N–H and O–H groups in total. The molecule has 0 aliphatic heterocycles. The van der Waals surface area contributed by atoms with E-state index in [2.05, 4.69) is 0 Å². The summed E-state index contributed by atoms with van der Waals surface area (Å²) in [5.41, 5.74) is 6.13. The maximum Gasteiger partial charge on any atom is 0.338 e. The fourth-order valence-electron chi connectivity index (χ4n) is 2.31. The van der Waals surface area contributed by atoms with Crippen LogP contribution < -0.4 is 5.73 Å². The predicted molar refractivity (Wildman–Crippen MR) is 69.4 cm³/mol. The van der Waals surface area contributed by atoms with Gasteiger partial charge in [-0.1, -0.05) is 19.3 Å². The average molecular weight is 249 g/mol. The van der Waals surface area contributed by atoms with Gasteiger partial charge in [0, 0.05) is 0 Å². The molecule has 4 nitrogen and oxygen atoms in total. The Morgan fingerprint density at radius 1 is 1.33 bits per heavy atom. The highest BCUT2D eigenvalue weighted by Gasteiger charge is 2.16. The predicted octanol–water partition coefficient (Wildman–Crippen LogP) is 2.71. The monoisotopic (exact) mass is 249 g/mol. The molecule has 1 saturated carbocycles. The number of phenols is 1. The zero-order valence-corrected chi connectivity index (χ0v) is 10.4. The third-order valence-electron chi connectivity index (χ3n) is 3.44.